The third-order valence-electron chi connectivity index (χ3n) is 5.08. The molecule has 8 nitrogen and oxygen atoms in total. The van der Waals surface area contributed by atoms with Crippen molar-refractivity contribution in [2.75, 3.05) is 23.3 Å². The zero-order valence-electron chi connectivity index (χ0n) is 14.9. The maximum absolute atomic E-state index is 12.0. The molecular weight excluding hydrogens is 330 g/mol. The average Bonchev–Trinajstić information content (AvgIpc) is 3.35. The fourth-order valence-electron chi connectivity index (χ4n) is 3.67. The largest absolute Gasteiger partial charge is 0.369 e. The molecule has 0 aromatic carbocycles. The summed E-state index contributed by atoms with van der Waals surface area (Å²) in [5, 5.41) is 10.1. The van der Waals surface area contributed by atoms with Crippen LogP contribution in [0.3, 0.4) is 0 Å². The number of carbonyl (C=O) groups is 1. The molecule has 26 heavy (non-hydrogen) atoms. The molecule has 2 aliphatic rings. The molecule has 1 saturated heterocycles. The Bertz CT molecular complexity index is 730. The molecule has 0 spiro atoms. The van der Waals surface area contributed by atoms with Crippen molar-refractivity contribution in [3.8, 4) is 5.95 Å². The molecule has 4 rings (SSSR count). The van der Waals surface area contributed by atoms with Crippen LogP contribution in [0.1, 0.15) is 44.9 Å². The second-order valence-corrected chi connectivity index (χ2v) is 7.04. The molecule has 1 aliphatic heterocycles. The van der Waals surface area contributed by atoms with E-state index in [4.69, 9.17) is 0 Å². The molecule has 2 N–H and O–H groups in total. The van der Waals surface area contributed by atoms with Crippen molar-refractivity contribution in [3.63, 3.8) is 0 Å². The van der Waals surface area contributed by atoms with Crippen molar-refractivity contribution in [1.29, 1.82) is 0 Å². The molecule has 2 amide bonds. The first-order chi connectivity index (χ1) is 12.8. The summed E-state index contributed by atoms with van der Waals surface area (Å²) in [5.74, 6) is 0.495. The van der Waals surface area contributed by atoms with Gasteiger partial charge in [0, 0.05) is 19.1 Å². The quantitative estimate of drug-likeness (QED) is 0.880. The maximum atomic E-state index is 12.0. The van der Waals surface area contributed by atoms with Crippen molar-refractivity contribution in [2.45, 2.75) is 51.0 Å². The zero-order chi connectivity index (χ0) is 17.8. The van der Waals surface area contributed by atoms with E-state index in [0.29, 0.717) is 11.6 Å². The van der Waals surface area contributed by atoms with Gasteiger partial charge in [0.25, 0.3) is 5.95 Å². The van der Waals surface area contributed by atoms with Crippen molar-refractivity contribution in [3.05, 3.63) is 24.8 Å². The van der Waals surface area contributed by atoms with Crippen molar-refractivity contribution in [1.82, 2.24) is 25.1 Å². The second-order valence-electron chi connectivity index (χ2n) is 7.04. The molecule has 0 bridgehead atoms. The molecule has 0 atom stereocenters. The van der Waals surface area contributed by atoms with Crippen LogP contribution in [0.2, 0.25) is 0 Å². The summed E-state index contributed by atoms with van der Waals surface area (Å²) in [6, 6.07) is 0.105. The summed E-state index contributed by atoms with van der Waals surface area (Å²) < 4.78 is 1.57. The molecule has 8 heteroatoms. The van der Waals surface area contributed by atoms with Gasteiger partial charge in [-0.2, -0.15) is 5.10 Å². The van der Waals surface area contributed by atoms with E-state index < -0.39 is 0 Å². The Hall–Kier alpha value is -2.64. The van der Waals surface area contributed by atoms with Crippen LogP contribution in [-0.4, -0.2) is 44.9 Å². The summed E-state index contributed by atoms with van der Waals surface area (Å²) in [5.41, 5.74) is 1.68. The van der Waals surface area contributed by atoms with E-state index in [1.165, 1.54) is 32.1 Å². The van der Waals surface area contributed by atoms with E-state index in [2.05, 4.69) is 30.6 Å². The van der Waals surface area contributed by atoms with Crippen LogP contribution in [0.15, 0.2) is 24.8 Å². The number of urea groups is 1. The molecule has 2 fully saturated rings. The van der Waals surface area contributed by atoms with Crippen LogP contribution in [0.25, 0.3) is 5.95 Å². The molecule has 3 heterocycles. The van der Waals surface area contributed by atoms with Crippen molar-refractivity contribution >= 4 is 17.4 Å². The predicted molar refractivity (Wildman–Crippen MR) is 99.6 cm³/mol. The number of amides is 2. The SMILES string of the molecule is O=C(Nc1cnn(-c2ncc(N3CCCCC3)cn2)c1)NC1CCCC1. The van der Waals surface area contributed by atoms with Crippen LogP contribution in [0, 0.1) is 0 Å². The summed E-state index contributed by atoms with van der Waals surface area (Å²) in [6.07, 6.45) is 15.3. The lowest BCUT2D eigenvalue weighted by molar-refractivity contribution is 0.248. The van der Waals surface area contributed by atoms with Crippen LogP contribution in [-0.2, 0) is 0 Å². The van der Waals surface area contributed by atoms with Crippen molar-refractivity contribution in [2.24, 2.45) is 0 Å². The predicted octanol–water partition coefficient (Wildman–Crippen LogP) is 2.72. The van der Waals surface area contributed by atoms with Crippen molar-refractivity contribution < 1.29 is 4.79 Å². The van der Waals surface area contributed by atoms with Gasteiger partial charge in [0.1, 0.15) is 0 Å². The highest BCUT2D eigenvalue weighted by Gasteiger charge is 2.17. The lowest BCUT2D eigenvalue weighted by Crippen LogP contribution is -2.36. The van der Waals surface area contributed by atoms with E-state index in [0.717, 1.165) is 31.6 Å². The Balaban J connectivity index is 1.36. The van der Waals surface area contributed by atoms with Crippen LogP contribution in [0.5, 0.6) is 0 Å². The summed E-state index contributed by atoms with van der Waals surface area (Å²) in [4.78, 5) is 23.2. The number of carbonyl (C=O) groups excluding carboxylic acids is 1. The molecule has 138 valence electrons. The van der Waals surface area contributed by atoms with Crippen LogP contribution in [0.4, 0.5) is 16.2 Å². The summed E-state index contributed by atoms with van der Waals surface area (Å²) in [7, 11) is 0. The van der Waals surface area contributed by atoms with Gasteiger partial charge in [0.05, 0.1) is 36.2 Å². The van der Waals surface area contributed by atoms with Gasteiger partial charge in [0.2, 0.25) is 0 Å². The number of nitrogens with zero attached hydrogens (tertiary/aromatic N) is 5. The first kappa shape index (κ1) is 16.8. The number of hydrogen-bond acceptors (Lipinski definition) is 5. The minimum atomic E-state index is -0.183. The van der Waals surface area contributed by atoms with Gasteiger partial charge in [-0.25, -0.2) is 19.4 Å². The Kier molecular flexibility index (Phi) is 4.99. The molecule has 0 radical (unpaired) electrons. The Morgan fingerprint density at radius 2 is 1.73 bits per heavy atom. The zero-order valence-corrected chi connectivity index (χ0v) is 14.9. The normalized spacial score (nSPS) is 18.1. The number of nitrogens with one attached hydrogen (secondary N) is 2. The molecule has 1 saturated carbocycles. The fraction of sp³-hybridized carbons (Fsp3) is 0.556. The van der Waals surface area contributed by atoms with Gasteiger partial charge in [0.15, 0.2) is 0 Å². The van der Waals surface area contributed by atoms with E-state index in [1.54, 1.807) is 17.1 Å². The monoisotopic (exact) mass is 355 g/mol. The summed E-state index contributed by atoms with van der Waals surface area (Å²) >= 11 is 0. The Labute approximate surface area is 153 Å². The highest BCUT2D eigenvalue weighted by Crippen LogP contribution is 2.19. The third-order valence-corrected chi connectivity index (χ3v) is 5.08. The lowest BCUT2D eigenvalue weighted by atomic mass is 10.1. The van der Waals surface area contributed by atoms with Gasteiger partial charge in [-0.05, 0) is 32.1 Å². The van der Waals surface area contributed by atoms with E-state index in [9.17, 15) is 4.79 Å². The minimum absolute atomic E-state index is 0.183. The van der Waals surface area contributed by atoms with E-state index in [1.807, 2.05) is 12.4 Å². The van der Waals surface area contributed by atoms with E-state index >= 15 is 0 Å². The van der Waals surface area contributed by atoms with Gasteiger partial charge in [-0.15, -0.1) is 0 Å². The van der Waals surface area contributed by atoms with Gasteiger partial charge in [-0.1, -0.05) is 12.8 Å². The first-order valence-corrected chi connectivity index (χ1v) is 9.47. The standard InChI is InChI=1S/C18H25N7O/c26-18(22-14-6-2-3-7-14)23-15-10-21-25(13-15)17-19-11-16(12-20-17)24-8-4-1-5-9-24/h10-14H,1-9H2,(H2,22,23,26). The van der Waals surface area contributed by atoms with Gasteiger partial charge < -0.3 is 15.5 Å². The Morgan fingerprint density at radius 1 is 1.00 bits per heavy atom. The summed E-state index contributed by atoms with van der Waals surface area (Å²) in [6.45, 7) is 2.13. The minimum Gasteiger partial charge on any atom is -0.369 e. The van der Waals surface area contributed by atoms with Crippen LogP contribution < -0.4 is 15.5 Å². The van der Waals surface area contributed by atoms with Gasteiger partial charge in [-0.3, -0.25) is 0 Å². The number of piperidine rings is 1. The molecule has 0 unspecified atom stereocenters. The van der Waals surface area contributed by atoms with Crippen LogP contribution >= 0.6 is 0 Å². The third kappa shape index (κ3) is 3.95. The number of rotatable bonds is 4. The maximum Gasteiger partial charge on any atom is 0.319 e. The van der Waals surface area contributed by atoms with Gasteiger partial charge >= 0.3 is 6.03 Å². The topological polar surface area (TPSA) is 88.0 Å². The average molecular weight is 355 g/mol. The number of anilines is 2. The molecular formula is C18H25N7O. The highest BCUT2D eigenvalue weighted by molar-refractivity contribution is 5.89. The molecule has 2 aromatic rings. The second kappa shape index (κ2) is 7.72. The Morgan fingerprint density at radius 3 is 2.46 bits per heavy atom. The number of hydrogen-bond donors (Lipinski definition) is 2. The smallest absolute Gasteiger partial charge is 0.319 e. The first-order valence-electron chi connectivity index (χ1n) is 9.47. The molecule has 1 aliphatic carbocycles. The number of aromatic nitrogens is 4. The highest BCUT2D eigenvalue weighted by atomic mass is 16.2. The fourth-order valence-corrected chi connectivity index (χ4v) is 3.67. The lowest BCUT2D eigenvalue weighted by Gasteiger charge is -2.28. The van der Waals surface area contributed by atoms with E-state index in [-0.39, 0.29) is 12.1 Å². The molecule has 2 aromatic heterocycles.